The van der Waals surface area contributed by atoms with Gasteiger partial charge in [-0.05, 0) is 44.0 Å². The number of aromatic nitrogens is 1. The van der Waals surface area contributed by atoms with Gasteiger partial charge in [0.25, 0.3) is 0 Å². The predicted molar refractivity (Wildman–Crippen MR) is 76.9 cm³/mol. The van der Waals surface area contributed by atoms with Crippen LogP contribution in [0, 0.1) is 20.8 Å². The van der Waals surface area contributed by atoms with Crippen LogP contribution in [-0.2, 0) is 0 Å². The third-order valence-electron chi connectivity index (χ3n) is 2.87. The lowest BCUT2D eigenvalue weighted by molar-refractivity contribution is 0.0693. The summed E-state index contributed by atoms with van der Waals surface area (Å²) in [6.45, 7) is 5.52. The van der Waals surface area contributed by atoms with Crippen molar-refractivity contribution in [2.75, 3.05) is 0 Å². The quantitative estimate of drug-likeness (QED) is 0.923. The van der Waals surface area contributed by atoms with Gasteiger partial charge in [0.2, 0.25) is 0 Å². The highest BCUT2D eigenvalue weighted by molar-refractivity contribution is 6.32. The zero-order valence-corrected chi connectivity index (χ0v) is 12.2. The molecule has 1 aromatic heterocycles. The van der Waals surface area contributed by atoms with Crippen molar-refractivity contribution in [3.63, 3.8) is 0 Å². The number of pyridine rings is 1. The zero-order valence-electron chi connectivity index (χ0n) is 11.4. The van der Waals surface area contributed by atoms with Gasteiger partial charge in [0.05, 0.1) is 0 Å². The first kappa shape index (κ1) is 14.3. The average molecular weight is 292 g/mol. The maximum atomic E-state index is 11.2. The second kappa shape index (κ2) is 5.51. The Morgan fingerprint density at radius 3 is 2.35 bits per heavy atom. The van der Waals surface area contributed by atoms with Crippen molar-refractivity contribution in [2.24, 2.45) is 0 Å². The normalized spacial score (nSPS) is 10.4. The number of rotatable bonds is 3. The van der Waals surface area contributed by atoms with Gasteiger partial charge in [-0.15, -0.1) is 0 Å². The Labute approximate surface area is 122 Å². The molecule has 0 amide bonds. The Hall–Kier alpha value is -2.07. The third kappa shape index (κ3) is 2.91. The summed E-state index contributed by atoms with van der Waals surface area (Å²) in [5.41, 5.74) is 2.47. The molecule has 0 atom stereocenters. The molecule has 0 aliphatic rings. The van der Waals surface area contributed by atoms with Gasteiger partial charge in [-0.3, -0.25) is 4.98 Å². The standard InChI is InChI=1S/C15H14ClNO3/c1-8-4-11(5-9(2)14(8)16)20-13-6-10(3)17-7-12(13)15(18)19/h4-7H,1-3H3,(H,18,19). The third-order valence-corrected chi connectivity index (χ3v) is 3.47. The molecule has 0 aliphatic carbocycles. The van der Waals surface area contributed by atoms with E-state index in [2.05, 4.69) is 4.98 Å². The molecule has 0 radical (unpaired) electrons. The van der Waals surface area contributed by atoms with Crippen LogP contribution in [0.25, 0.3) is 0 Å². The molecule has 2 rings (SSSR count). The second-order valence-corrected chi connectivity index (χ2v) is 4.98. The molecule has 4 nitrogen and oxygen atoms in total. The number of nitrogens with zero attached hydrogens (tertiary/aromatic N) is 1. The van der Waals surface area contributed by atoms with Crippen LogP contribution in [0.3, 0.4) is 0 Å². The molecule has 0 fully saturated rings. The maximum Gasteiger partial charge on any atom is 0.341 e. The van der Waals surface area contributed by atoms with Crippen molar-refractivity contribution >= 4 is 17.6 Å². The van der Waals surface area contributed by atoms with E-state index < -0.39 is 5.97 Å². The molecule has 104 valence electrons. The highest BCUT2D eigenvalue weighted by atomic mass is 35.5. The van der Waals surface area contributed by atoms with E-state index >= 15 is 0 Å². The monoisotopic (exact) mass is 291 g/mol. The van der Waals surface area contributed by atoms with Gasteiger partial charge in [-0.1, -0.05) is 11.6 Å². The van der Waals surface area contributed by atoms with Crippen LogP contribution in [0.5, 0.6) is 11.5 Å². The van der Waals surface area contributed by atoms with Crippen LogP contribution in [-0.4, -0.2) is 16.1 Å². The molecule has 1 N–H and O–H groups in total. The van der Waals surface area contributed by atoms with E-state index in [1.807, 2.05) is 13.8 Å². The summed E-state index contributed by atoms with van der Waals surface area (Å²) in [5, 5.41) is 9.83. The first-order chi connectivity index (χ1) is 9.38. The van der Waals surface area contributed by atoms with E-state index in [-0.39, 0.29) is 11.3 Å². The largest absolute Gasteiger partial charge is 0.477 e. The summed E-state index contributed by atoms with van der Waals surface area (Å²) in [4.78, 5) is 15.1. The van der Waals surface area contributed by atoms with Crippen LogP contribution in [0.2, 0.25) is 5.02 Å². The Bertz CT molecular complexity index is 660. The van der Waals surface area contributed by atoms with Crippen molar-refractivity contribution in [1.29, 1.82) is 0 Å². The Kier molecular flexibility index (Phi) is 3.95. The number of hydrogen-bond acceptors (Lipinski definition) is 3. The first-order valence-corrected chi connectivity index (χ1v) is 6.41. The van der Waals surface area contributed by atoms with E-state index in [9.17, 15) is 4.79 Å². The van der Waals surface area contributed by atoms with Crippen molar-refractivity contribution in [3.8, 4) is 11.5 Å². The Morgan fingerprint density at radius 1 is 1.20 bits per heavy atom. The van der Waals surface area contributed by atoms with E-state index in [4.69, 9.17) is 21.4 Å². The van der Waals surface area contributed by atoms with Crippen molar-refractivity contribution < 1.29 is 14.6 Å². The number of carboxylic acid groups (broad SMARTS) is 1. The van der Waals surface area contributed by atoms with Crippen LogP contribution < -0.4 is 4.74 Å². The predicted octanol–water partition coefficient (Wildman–Crippen LogP) is 4.15. The number of hydrogen-bond donors (Lipinski definition) is 1. The fraction of sp³-hybridized carbons (Fsp3) is 0.200. The van der Waals surface area contributed by atoms with Gasteiger partial charge in [0.15, 0.2) is 0 Å². The minimum Gasteiger partial charge on any atom is -0.477 e. The van der Waals surface area contributed by atoms with Gasteiger partial charge < -0.3 is 9.84 Å². The molecular weight excluding hydrogens is 278 g/mol. The molecule has 0 bridgehead atoms. The Morgan fingerprint density at radius 2 is 1.80 bits per heavy atom. The van der Waals surface area contributed by atoms with Crippen molar-refractivity contribution in [2.45, 2.75) is 20.8 Å². The summed E-state index contributed by atoms with van der Waals surface area (Å²) in [6, 6.07) is 5.15. The highest BCUT2D eigenvalue weighted by Crippen LogP contribution is 2.30. The van der Waals surface area contributed by atoms with Crippen LogP contribution in [0.1, 0.15) is 27.2 Å². The molecule has 0 saturated carbocycles. The molecule has 2 aromatic rings. The fourth-order valence-corrected chi connectivity index (χ4v) is 1.98. The van der Waals surface area contributed by atoms with Crippen LogP contribution in [0.15, 0.2) is 24.4 Å². The molecule has 1 heterocycles. The van der Waals surface area contributed by atoms with Gasteiger partial charge in [0, 0.05) is 23.0 Å². The molecule has 0 spiro atoms. The number of aryl methyl sites for hydroxylation is 3. The maximum absolute atomic E-state index is 11.2. The summed E-state index contributed by atoms with van der Waals surface area (Å²) in [6.07, 6.45) is 1.29. The van der Waals surface area contributed by atoms with Crippen molar-refractivity contribution in [3.05, 3.63) is 51.8 Å². The molecule has 0 saturated heterocycles. The van der Waals surface area contributed by atoms with Gasteiger partial charge in [0.1, 0.15) is 17.1 Å². The number of carbonyl (C=O) groups is 1. The van der Waals surface area contributed by atoms with E-state index in [1.54, 1.807) is 25.1 Å². The van der Waals surface area contributed by atoms with E-state index in [0.717, 1.165) is 11.1 Å². The molecule has 5 heteroatoms. The molecule has 1 aromatic carbocycles. The molecular formula is C15H14ClNO3. The molecule has 0 unspecified atom stereocenters. The lowest BCUT2D eigenvalue weighted by Crippen LogP contribution is -2.02. The fourth-order valence-electron chi connectivity index (χ4n) is 1.87. The van der Waals surface area contributed by atoms with Gasteiger partial charge in [-0.2, -0.15) is 0 Å². The smallest absolute Gasteiger partial charge is 0.341 e. The molecule has 0 aliphatic heterocycles. The zero-order chi connectivity index (χ0) is 14.9. The number of ether oxygens (including phenoxy) is 1. The number of halogens is 1. The van der Waals surface area contributed by atoms with Crippen LogP contribution in [0.4, 0.5) is 0 Å². The van der Waals surface area contributed by atoms with Gasteiger partial charge in [-0.25, -0.2) is 4.79 Å². The van der Waals surface area contributed by atoms with E-state index in [0.29, 0.717) is 16.5 Å². The first-order valence-electron chi connectivity index (χ1n) is 6.03. The lowest BCUT2D eigenvalue weighted by Gasteiger charge is -2.11. The van der Waals surface area contributed by atoms with Crippen molar-refractivity contribution in [1.82, 2.24) is 4.98 Å². The molecule has 20 heavy (non-hydrogen) atoms. The Balaban J connectivity index is 2.44. The second-order valence-electron chi connectivity index (χ2n) is 4.60. The number of carboxylic acids is 1. The summed E-state index contributed by atoms with van der Waals surface area (Å²) in [5.74, 6) is -0.251. The van der Waals surface area contributed by atoms with Crippen LogP contribution >= 0.6 is 11.6 Å². The van der Waals surface area contributed by atoms with Gasteiger partial charge >= 0.3 is 5.97 Å². The summed E-state index contributed by atoms with van der Waals surface area (Å²) >= 11 is 6.10. The lowest BCUT2D eigenvalue weighted by atomic mass is 10.1. The average Bonchev–Trinajstić information content (AvgIpc) is 2.35. The highest BCUT2D eigenvalue weighted by Gasteiger charge is 2.14. The SMILES string of the molecule is Cc1cc(Oc2cc(C)c(Cl)c(C)c2)c(C(=O)O)cn1. The number of aromatic carboxylic acids is 1. The minimum absolute atomic E-state index is 0.0286. The topological polar surface area (TPSA) is 59.4 Å². The summed E-state index contributed by atoms with van der Waals surface area (Å²) < 4.78 is 5.69. The number of benzene rings is 1. The van der Waals surface area contributed by atoms with E-state index in [1.165, 1.54) is 6.20 Å². The summed E-state index contributed by atoms with van der Waals surface area (Å²) in [7, 11) is 0. The minimum atomic E-state index is -1.07.